The summed E-state index contributed by atoms with van der Waals surface area (Å²) in [6, 6.07) is 7.32. The van der Waals surface area contributed by atoms with Gasteiger partial charge in [0.2, 0.25) is 5.91 Å². The van der Waals surface area contributed by atoms with E-state index in [2.05, 4.69) is 11.9 Å². The Labute approximate surface area is 170 Å². The van der Waals surface area contributed by atoms with E-state index < -0.39 is 0 Å². The summed E-state index contributed by atoms with van der Waals surface area (Å²) in [5, 5.41) is 2.85. The Kier molecular flexibility index (Phi) is 5.79. The molecule has 0 radical (unpaired) electrons. The molecule has 0 fully saturated rings. The maximum absolute atomic E-state index is 13.2. The van der Waals surface area contributed by atoms with Gasteiger partial charge < -0.3 is 20.5 Å². The number of halogens is 1. The second kappa shape index (κ2) is 8.10. The maximum Gasteiger partial charge on any atom is 0.259 e. The van der Waals surface area contributed by atoms with Crippen LogP contribution in [-0.2, 0) is 16.6 Å². The standard InChI is InChI=1S/C21H25ClN4O2/c1-4-5-20(27)24-16-9-18(25(3)12-16)13(2)21(28)26-11-14(10-22)17-7-6-15(23)8-19(17)26/h6-9,12,14H,2,4-5,10-11,23H2,1,3H3,(H,24,27). The van der Waals surface area contributed by atoms with E-state index in [4.69, 9.17) is 17.3 Å². The van der Waals surface area contributed by atoms with Crippen LogP contribution in [0.5, 0.6) is 0 Å². The average Bonchev–Trinajstić information content (AvgIpc) is 3.20. The molecule has 2 aromatic rings. The van der Waals surface area contributed by atoms with Crippen molar-refractivity contribution in [3.8, 4) is 0 Å². The van der Waals surface area contributed by atoms with Gasteiger partial charge in [-0.25, -0.2) is 0 Å². The van der Waals surface area contributed by atoms with Crippen LogP contribution in [-0.4, -0.2) is 28.8 Å². The van der Waals surface area contributed by atoms with Gasteiger partial charge in [-0.05, 0) is 30.2 Å². The van der Waals surface area contributed by atoms with Gasteiger partial charge in [0.1, 0.15) is 0 Å². The molecule has 1 aromatic carbocycles. The monoisotopic (exact) mass is 400 g/mol. The Bertz CT molecular complexity index is 934. The number of benzene rings is 1. The number of nitrogens with one attached hydrogen (secondary N) is 1. The third kappa shape index (κ3) is 3.78. The second-order valence-corrected chi connectivity index (χ2v) is 7.40. The number of hydrogen-bond acceptors (Lipinski definition) is 3. The number of nitrogen functional groups attached to an aromatic ring is 1. The summed E-state index contributed by atoms with van der Waals surface area (Å²) in [5.74, 6) is 0.231. The molecule has 0 bridgehead atoms. The Morgan fingerprint density at radius 1 is 1.36 bits per heavy atom. The van der Waals surface area contributed by atoms with E-state index in [1.54, 1.807) is 27.8 Å². The van der Waals surface area contributed by atoms with Crippen LogP contribution in [0.25, 0.3) is 5.57 Å². The van der Waals surface area contributed by atoms with Crippen molar-refractivity contribution < 1.29 is 9.59 Å². The zero-order valence-electron chi connectivity index (χ0n) is 16.2. The summed E-state index contributed by atoms with van der Waals surface area (Å²) in [5.41, 5.74) is 9.97. The van der Waals surface area contributed by atoms with E-state index >= 15 is 0 Å². The number of fused-ring (bicyclic) bond motifs is 1. The van der Waals surface area contributed by atoms with Gasteiger partial charge >= 0.3 is 0 Å². The molecule has 1 unspecified atom stereocenters. The molecule has 28 heavy (non-hydrogen) atoms. The molecule has 148 valence electrons. The maximum atomic E-state index is 13.2. The minimum absolute atomic E-state index is 0.0505. The highest BCUT2D eigenvalue weighted by Crippen LogP contribution is 2.39. The third-order valence-corrected chi connectivity index (χ3v) is 5.33. The van der Waals surface area contributed by atoms with Crippen molar-refractivity contribution in [2.24, 2.45) is 7.05 Å². The van der Waals surface area contributed by atoms with Crippen molar-refractivity contribution >= 4 is 46.1 Å². The first kappa shape index (κ1) is 20.0. The number of carbonyl (C=O) groups excluding carboxylic acids is 2. The van der Waals surface area contributed by atoms with Crippen LogP contribution in [0, 0.1) is 0 Å². The molecule has 1 aromatic heterocycles. The number of nitrogens with two attached hydrogens (primary N) is 1. The first-order valence-corrected chi connectivity index (χ1v) is 9.81. The molecule has 3 N–H and O–H groups in total. The third-order valence-electron chi connectivity index (χ3n) is 4.95. The number of anilines is 3. The summed E-state index contributed by atoms with van der Waals surface area (Å²) in [7, 11) is 1.82. The van der Waals surface area contributed by atoms with E-state index in [1.165, 1.54) is 0 Å². The van der Waals surface area contributed by atoms with E-state index in [-0.39, 0.29) is 17.7 Å². The Morgan fingerprint density at radius 3 is 2.79 bits per heavy atom. The van der Waals surface area contributed by atoms with Crippen molar-refractivity contribution in [3.63, 3.8) is 0 Å². The first-order chi connectivity index (χ1) is 13.3. The SMILES string of the molecule is C=C(C(=O)N1CC(CCl)c2ccc(N)cc21)c1cc(NC(=O)CCC)cn1C. The average molecular weight is 401 g/mol. The van der Waals surface area contributed by atoms with Crippen molar-refractivity contribution in [1.29, 1.82) is 0 Å². The van der Waals surface area contributed by atoms with Crippen molar-refractivity contribution in [1.82, 2.24) is 4.57 Å². The van der Waals surface area contributed by atoms with Crippen LogP contribution >= 0.6 is 11.6 Å². The molecule has 1 aliphatic rings. The smallest absolute Gasteiger partial charge is 0.259 e. The highest BCUT2D eigenvalue weighted by molar-refractivity contribution is 6.26. The zero-order chi connectivity index (χ0) is 20.4. The minimum Gasteiger partial charge on any atom is -0.399 e. The lowest BCUT2D eigenvalue weighted by molar-refractivity contribution is -0.116. The highest BCUT2D eigenvalue weighted by Gasteiger charge is 2.33. The zero-order valence-corrected chi connectivity index (χ0v) is 16.9. The Morgan fingerprint density at radius 2 is 2.11 bits per heavy atom. The van der Waals surface area contributed by atoms with Crippen LogP contribution in [0.2, 0.25) is 0 Å². The summed E-state index contributed by atoms with van der Waals surface area (Å²) >= 11 is 6.11. The molecule has 0 spiro atoms. The van der Waals surface area contributed by atoms with E-state index in [0.29, 0.717) is 41.5 Å². The molecule has 1 atom stereocenters. The van der Waals surface area contributed by atoms with E-state index in [1.807, 2.05) is 26.1 Å². The fourth-order valence-electron chi connectivity index (χ4n) is 3.54. The second-order valence-electron chi connectivity index (χ2n) is 7.09. The molecule has 0 aliphatic carbocycles. The van der Waals surface area contributed by atoms with Gasteiger partial charge in [0.15, 0.2) is 0 Å². The minimum atomic E-state index is -0.202. The van der Waals surface area contributed by atoms with Gasteiger partial charge in [-0.3, -0.25) is 9.59 Å². The molecule has 2 amide bonds. The van der Waals surface area contributed by atoms with E-state index in [9.17, 15) is 9.59 Å². The molecule has 0 saturated carbocycles. The topological polar surface area (TPSA) is 80.4 Å². The molecule has 3 rings (SSSR count). The first-order valence-electron chi connectivity index (χ1n) is 9.28. The molecular formula is C21H25ClN4O2. The molecule has 7 heteroatoms. The fraction of sp³-hybridized carbons (Fsp3) is 0.333. The molecule has 1 aliphatic heterocycles. The summed E-state index contributed by atoms with van der Waals surface area (Å²) in [6.45, 7) is 6.46. The molecule has 2 heterocycles. The number of rotatable bonds is 6. The lowest BCUT2D eigenvalue weighted by atomic mass is 10.0. The summed E-state index contributed by atoms with van der Waals surface area (Å²) < 4.78 is 1.79. The normalized spacial score (nSPS) is 15.4. The van der Waals surface area contributed by atoms with Gasteiger partial charge in [0.25, 0.3) is 5.91 Å². The van der Waals surface area contributed by atoms with Crippen LogP contribution in [0.1, 0.15) is 36.9 Å². The number of aryl methyl sites for hydroxylation is 1. The van der Waals surface area contributed by atoms with Crippen molar-refractivity contribution in [2.45, 2.75) is 25.7 Å². The molecule has 0 saturated heterocycles. The van der Waals surface area contributed by atoms with Gasteiger partial charge in [-0.1, -0.05) is 19.6 Å². The number of carbonyl (C=O) groups is 2. The largest absolute Gasteiger partial charge is 0.399 e. The van der Waals surface area contributed by atoms with Crippen LogP contribution < -0.4 is 16.0 Å². The van der Waals surface area contributed by atoms with Crippen LogP contribution in [0.15, 0.2) is 37.0 Å². The quantitative estimate of drug-likeness (QED) is 0.440. The van der Waals surface area contributed by atoms with Crippen LogP contribution in [0.4, 0.5) is 17.1 Å². The van der Waals surface area contributed by atoms with Gasteiger partial charge in [0, 0.05) is 49.4 Å². The van der Waals surface area contributed by atoms with Gasteiger partial charge in [-0.2, -0.15) is 0 Å². The fourth-order valence-corrected chi connectivity index (χ4v) is 3.80. The number of amides is 2. The van der Waals surface area contributed by atoms with Gasteiger partial charge in [0.05, 0.1) is 17.0 Å². The van der Waals surface area contributed by atoms with Crippen molar-refractivity contribution in [2.75, 3.05) is 28.4 Å². The molecular weight excluding hydrogens is 376 g/mol. The number of hydrogen-bond donors (Lipinski definition) is 2. The highest BCUT2D eigenvalue weighted by atomic mass is 35.5. The predicted molar refractivity (Wildman–Crippen MR) is 115 cm³/mol. The number of aromatic nitrogens is 1. The molecule has 6 nitrogen and oxygen atoms in total. The Hall–Kier alpha value is -2.73. The van der Waals surface area contributed by atoms with Crippen LogP contribution in [0.3, 0.4) is 0 Å². The summed E-state index contributed by atoms with van der Waals surface area (Å²) in [6.07, 6.45) is 3.00. The van der Waals surface area contributed by atoms with E-state index in [0.717, 1.165) is 17.7 Å². The lowest BCUT2D eigenvalue weighted by Gasteiger charge is -2.19. The predicted octanol–water partition coefficient (Wildman–Crippen LogP) is 3.73. The number of alkyl halides is 1. The lowest BCUT2D eigenvalue weighted by Crippen LogP contribution is -2.31. The Balaban J connectivity index is 1.84. The van der Waals surface area contributed by atoms with Gasteiger partial charge in [-0.15, -0.1) is 11.6 Å². The summed E-state index contributed by atoms with van der Waals surface area (Å²) in [4.78, 5) is 26.7. The van der Waals surface area contributed by atoms with Crippen molar-refractivity contribution in [3.05, 3.63) is 48.3 Å². The number of nitrogens with zero attached hydrogens (tertiary/aromatic N) is 2.